The molecule has 0 spiro atoms. The van der Waals surface area contributed by atoms with Gasteiger partial charge in [-0.25, -0.2) is 0 Å². The van der Waals surface area contributed by atoms with E-state index in [1.54, 1.807) is 0 Å². The van der Waals surface area contributed by atoms with Gasteiger partial charge in [0, 0.05) is 10.9 Å². The van der Waals surface area contributed by atoms with Gasteiger partial charge in [-0.1, -0.05) is 24.3 Å². The lowest BCUT2D eigenvalue weighted by atomic mass is 10.1. The third-order valence-electron chi connectivity index (χ3n) is 4.31. The van der Waals surface area contributed by atoms with Crippen molar-refractivity contribution in [1.29, 1.82) is 0 Å². The second-order valence-corrected chi connectivity index (χ2v) is 6.60. The van der Waals surface area contributed by atoms with Gasteiger partial charge in [0.05, 0.1) is 23.9 Å². The maximum Gasteiger partial charge on any atom is 0.418 e. The van der Waals surface area contributed by atoms with Crippen LogP contribution in [0, 0.1) is 6.92 Å². The van der Waals surface area contributed by atoms with E-state index in [4.69, 9.17) is 9.15 Å². The number of ether oxygens (including phenoxy) is 1. The molecule has 2 aromatic carbocycles. The molecular weight excluding hydrogens is 387 g/mol. The summed E-state index contributed by atoms with van der Waals surface area (Å²) in [5.41, 5.74) is 0.851. The smallest absolute Gasteiger partial charge is 0.418 e. The summed E-state index contributed by atoms with van der Waals surface area (Å²) < 4.78 is 49.6. The van der Waals surface area contributed by atoms with Crippen molar-refractivity contribution in [2.24, 2.45) is 0 Å². The molecule has 3 aromatic rings. The highest BCUT2D eigenvalue weighted by Crippen LogP contribution is 2.34. The molecule has 0 radical (unpaired) electrons. The summed E-state index contributed by atoms with van der Waals surface area (Å²) >= 11 is 0. The normalized spacial score (nSPS) is 12.6. The van der Waals surface area contributed by atoms with Gasteiger partial charge in [-0.15, -0.1) is 0 Å². The number of fused-ring (bicyclic) bond motifs is 1. The fourth-order valence-electron chi connectivity index (χ4n) is 2.85. The molecule has 29 heavy (non-hydrogen) atoms. The quantitative estimate of drug-likeness (QED) is 0.615. The summed E-state index contributed by atoms with van der Waals surface area (Å²) in [7, 11) is 0. The van der Waals surface area contributed by atoms with Crippen molar-refractivity contribution in [3.8, 4) is 0 Å². The first-order valence-electron chi connectivity index (χ1n) is 8.78. The number of amides is 1. The number of carbonyl (C=O) groups is 2. The standard InChI is InChI=1S/C21H18F3NO4/c1-12-7-8-15-14(11-28-18(15)9-12)10-19(26)29-13(2)20(27)25-17-6-4-3-5-16(17)21(22,23)24/h3-9,11,13H,10H2,1-2H3,(H,25,27)/t13-/m0/s1. The van der Waals surface area contributed by atoms with Crippen LogP contribution in [0.5, 0.6) is 0 Å². The topological polar surface area (TPSA) is 68.5 Å². The van der Waals surface area contributed by atoms with Gasteiger partial charge in [0.2, 0.25) is 0 Å². The molecule has 0 aliphatic rings. The molecule has 0 saturated heterocycles. The van der Waals surface area contributed by atoms with Gasteiger partial charge in [0.15, 0.2) is 6.10 Å². The Labute approximate surface area is 164 Å². The summed E-state index contributed by atoms with van der Waals surface area (Å²) in [4.78, 5) is 24.4. The van der Waals surface area contributed by atoms with Gasteiger partial charge in [-0.05, 0) is 37.6 Å². The molecule has 8 heteroatoms. The zero-order chi connectivity index (χ0) is 21.2. The Hall–Kier alpha value is -3.29. The van der Waals surface area contributed by atoms with E-state index in [1.165, 1.54) is 25.3 Å². The number of alkyl halides is 3. The fourth-order valence-corrected chi connectivity index (χ4v) is 2.85. The Bertz CT molecular complexity index is 1060. The third-order valence-corrected chi connectivity index (χ3v) is 4.31. The van der Waals surface area contributed by atoms with E-state index in [0.717, 1.165) is 23.1 Å². The van der Waals surface area contributed by atoms with Gasteiger partial charge in [-0.3, -0.25) is 9.59 Å². The molecule has 3 rings (SSSR count). The highest BCUT2D eigenvalue weighted by molar-refractivity contribution is 5.96. The average Bonchev–Trinajstić information content (AvgIpc) is 3.02. The summed E-state index contributed by atoms with van der Waals surface area (Å²) in [6.07, 6.45) is -4.59. The maximum absolute atomic E-state index is 13.0. The molecule has 0 fully saturated rings. The van der Waals surface area contributed by atoms with Crippen molar-refractivity contribution in [1.82, 2.24) is 0 Å². The zero-order valence-corrected chi connectivity index (χ0v) is 15.7. The number of aryl methyl sites for hydroxylation is 1. The van der Waals surface area contributed by atoms with Crippen molar-refractivity contribution in [2.45, 2.75) is 32.5 Å². The van der Waals surface area contributed by atoms with E-state index in [1.807, 2.05) is 25.1 Å². The second kappa shape index (κ2) is 7.98. The lowest BCUT2D eigenvalue weighted by Crippen LogP contribution is -2.31. The van der Waals surface area contributed by atoms with Crippen LogP contribution in [0.15, 0.2) is 53.1 Å². The minimum absolute atomic E-state index is 0.132. The number of hydrogen-bond acceptors (Lipinski definition) is 4. The van der Waals surface area contributed by atoms with E-state index in [9.17, 15) is 22.8 Å². The van der Waals surface area contributed by atoms with Gasteiger partial charge in [0.25, 0.3) is 5.91 Å². The third kappa shape index (κ3) is 4.77. The molecule has 152 valence electrons. The number of carbonyl (C=O) groups excluding carboxylic acids is 2. The van der Waals surface area contributed by atoms with Crippen LogP contribution in [0.2, 0.25) is 0 Å². The first-order valence-corrected chi connectivity index (χ1v) is 8.78. The van der Waals surface area contributed by atoms with Crippen LogP contribution in [0.4, 0.5) is 18.9 Å². The molecule has 1 amide bonds. The predicted molar refractivity (Wildman–Crippen MR) is 100 cm³/mol. The van der Waals surface area contributed by atoms with Crippen molar-refractivity contribution < 1.29 is 31.9 Å². The lowest BCUT2D eigenvalue weighted by Gasteiger charge is -2.16. The van der Waals surface area contributed by atoms with E-state index in [0.29, 0.717) is 11.1 Å². The Kier molecular flexibility index (Phi) is 5.63. The molecular formula is C21H18F3NO4. The zero-order valence-electron chi connectivity index (χ0n) is 15.7. The summed E-state index contributed by atoms with van der Waals surface area (Å²) in [6, 6.07) is 10.1. The number of benzene rings is 2. The Morgan fingerprint density at radius 3 is 2.62 bits per heavy atom. The SMILES string of the molecule is Cc1ccc2c(CC(=O)O[C@@H](C)C(=O)Nc3ccccc3C(F)(F)F)coc2c1. The molecule has 1 atom stereocenters. The van der Waals surface area contributed by atoms with Crippen LogP contribution in [0.25, 0.3) is 11.0 Å². The van der Waals surface area contributed by atoms with Crippen molar-refractivity contribution in [2.75, 3.05) is 5.32 Å². The Balaban J connectivity index is 1.64. The molecule has 1 aromatic heterocycles. The van der Waals surface area contributed by atoms with Crippen molar-refractivity contribution >= 4 is 28.5 Å². The number of rotatable bonds is 5. The predicted octanol–water partition coefficient (Wildman–Crippen LogP) is 4.87. The van der Waals surface area contributed by atoms with Crippen LogP contribution >= 0.6 is 0 Å². The molecule has 0 aliphatic heterocycles. The van der Waals surface area contributed by atoms with Crippen LogP contribution in [-0.2, 0) is 26.9 Å². The minimum Gasteiger partial charge on any atom is -0.464 e. The van der Waals surface area contributed by atoms with Gasteiger partial charge in [-0.2, -0.15) is 13.2 Å². The second-order valence-electron chi connectivity index (χ2n) is 6.60. The van der Waals surface area contributed by atoms with Crippen LogP contribution in [-0.4, -0.2) is 18.0 Å². The first kappa shape index (κ1) is 20.4. The van der Waals surface area contributed by atoms with Crippen molar-refractivity contribution in [3.05, 3.63) is 65.4 Å². The molecule has 5 nitrogen and oxygen atoms in total. The number of anilines is 1. The summed E-state index contributed by atoms with van der Waals surface area (Å²) in [5, 5.41) is 2.92. The van der Waals surface area contributed by atoms with Gasteiger partial charge < -0.3 is 14.5 Å². The number of furan rings is 1. The Morgan fingerprint density at radius 1 is 1.17 bits per heavy atom. The fraction of sp³-hybridized carbons (Fsp3) is 0.238. The van der Waals surface area contributed by atoms with Crippen LogP contribution in [0.1, 0.15) is 23.6 Å². The van der Waals surface area contributed by atoms with Gasteiger partial charge >= 0.3 is 12.1 Å². The first-order chi connectivity index (χ1) is 13.6. The summed E-state index contributed by atoms with van der Waals surface area (Å²) in [5.74, 6) is -1.55. The molecule has 0 unspecified atom stereocenters. The van der Waals surface area contributed by atoms with Crippen LogP contribution in [0.3, 0.4) is 0 Å². The molecule has 0 saturated carbocycles. The highest BCUT2D eigenvalue weighted by Gasteiger charge is 2.34. The molecule has 0 bridgehead atoms. The lowest BCUT2D eigenvalue weighted by molar-refractivity contribution is -0.152. The highest BCUT2D eigenvalue weighted by atomic mass is 19.4. The number of para-hydroxylation sites is 1. The molecule has 1 heterocycles. The number of hydrogen-bond donors (Lipinski definition) is 1. The number of halogens is 3. The van der Waals surface area contributed by atoms with Crippen molar-refractivity contribution in [3.63, 3.8) is 0 Å². The maximum atomic E-state index is 13.0. The van der Waals surface area contributed by atoms with E-state index in [-0.39, 0.29) is 6.42 Å². The molecule has 0 aliphatic carbocycles. The minimum atomic E-state index is -4.62. The van der Waals surface area contributed by atoms with Crippen LogP contribution < -0.4 is 5.32 Å². The van der Waals surface area contributed by atoms with E-state index >= 15 is 0 Å². The number of nitrogens with one attached hydrogen (secondary N) is 1. The summed E-state index contributed by atoms with van der Waals surface area (Å²) in [6.45, 7) is 3.20. The molecule has 1 N–H and O–H groups in total. The largest absolute Gasteiger partial charge is 0.464 e. The average molecular weight is 405 g/mol. The van der Waals surface area contributed by atoms with E-state index in [2.05, 4.69) is 5.32 Å². The Morgan fingerprint density at radius 2 is 1.90 bits per heavy atom. The van der Waals surface area contributed by atoms with Gasteiger partial charge in [0.1, 0.15) is 5.58 Å². The number of esters is 1. The monoisotopic (exact) mass is 405 g/mol. The van der Waals surface area contributed by atoms with E-state index < -0.39 is 35.4 Å².